The molecule has 0 N–H and O–H groups in total. The molecule has 138 valence electrons. The zero-order valence-electron chi connectivity index (χ0n) is 13.5. The third kappa shape index (κ3) is 5.06. The highest BCUT2D eigenvalue weighted by Gasteiger charge is 2.49. The first-order valence-corrected chi connectivity index (χ1v) is 8.87. The molecule has 0 aliphatic rings. The third-order valence-corrected chi connectivity index (χ3v) is 5.68. The van der Waals surface area contributed by atoms with Crippen molar-refractivity contribution in [3.8, 4) is 0 Å². The SMILES string of the molecule is CCN([C@H](c1ccc(Cl)cc1)C(F)(F)F)S(=O)(=O)N(C)CCOC. The van der Waals surface area contributed by atoms with Crippen molar-refractivity contribution < 1.29 is 26.3 Å². The summed E-state index contributed by atoms with van der Waals surface area (Å²) in [6.07, 6.45) is -4.78. The molecule has 1 rings (SSSR count). The van der Waals surface area contributed by atoms with Crippen LogP contribution in [0.3, 0.4) is 0 Å². The number of rotatable bonds is 8. The lowest BCUT2D eigenvalue weighted by atomic mass is 10.1. The predicted molar refractivity (Wildman–Crippen MR) is 86.1 cm³/mol. The third-order valence-electron chi connectivity index (χ3n) is 3.40. The molecular weight excluding hydrogens is 369 g/mol. The molecule has 0 heterocycles. The molecule has 0 bridgehead atoms. The lowest BCUT2D eigenvalue weighted by Crippen LogP contribution is -2.48. The Morgan fingerprint density at radius 2 is 1.79 bits per heavy atom. The van der Waals surface area contributed by atoms with Crippen molar-refractivity contribution in [2.75, 3.05) is 33.9 Å². The van der Waals surface area contributed by atoms with Crippen molar-refractivity contribution in [1.29, 1.82) is 0 Å². The normalized spacial score (nSPS) is 14.4. The summed E-state index contributed by atoms with van der Waals surface area (Å²) in [5.41, 5.74) is -0.197. The second kappa shape index (κ2) is 8.48. The summed E-state index contributed by atoms with van der Waals surface area (Å²) in [7, 11) is -1.74. The van der Waals surface area contributed by atoms with E-state index in [1.165, 1.54) is 45.3 Å². The molecule has 0 fully saturated rings. The number of hydrogen-bond donors (Lipinski definition) is 0. The van der Waals surface area contributed by atoms with Gasteiger partial charge in [-0.2, -0.15) is 30.2 Å². The number of benzene rings is 1. The number of methoxy groups -OCH3 is 1. The molecule has 0 unspecified atom stereocenters. The summed E-state index contributed by atoms with van der Waals surface area (Å²) in [5.74, 6) is 0. The molecule has 0 amide bonds. The summed E-state index contributed by atoms with van der Waals surface area (Å²) in [4.78, 5) is 0. The maximum Gasteiger partial charge on any atom is 0.409 e. The molecule has 0 saturated carbocycles. The topological polar surface area (TPSA) is 49.9 Å². The minimum absolute atomic E-state index is 0.0550. The van der Waals surface area contributed by atoms with E-state index in [1.54, 1.807) is 0 Å². The van der Waals surface area contributed by atoms with Gasteiger partial charge >= 0.3 is 6.18 Å². The highest BCUT2D eigenvalue weighted by molar-refractivity contribution is 7.86. The van der Waals surface area contributed by atoms with Gasteiger partial charge < -0.3 is 4.74 Å². The molecular formula is C14H20ClF3N2O3S. The second-order valence-electron chi connectivity index (χ2n) is 5.02. The molecule has 24 heavy (non-hydrogen) atoms. The van der Waals surface area contributed by atoms with Crippen LogP contribution in [-0.2, 0) is 14.9 Å². The monoisotopic (exact) mass is 388 g/mol. The van der Waals surface area contributed by atoms with E-state index in [9.17, 15) is 21.6 Å². The summed E-state index contributed by atoms with van der Waals surface area (Å²) >= 11 is 5.71. The van der Waals surface area contributed by atoms with Crippen LogP contribution in [0, 0.1) is 0 Å². The molecule has 5 nitrogen and oxygen atoms in total. The number of halogens is 4. The number of likely N-dealkylation sites (N-methyl/N-ethyl adjacent to an activating group) is 1. The average molecular weight is 389 g/mol. The Labute approximate surface area is 145 Å². The minimum Gasteiger partial charge on any atom is -0.383 e. The van der Waals surface area contributed by atoms with Gasteiger partial charge in [-0.1, -0.05) is 30.7 Å². The summed E-state index contributed by atoms with van der Waals surface area (Å²) in [6.45, 7) is 1.04. The van der Waals surface area contributed by atoms with Gasteiger partial charge in [-0.25, -0.2) is 0 Å². The zero-order valence-corrected chi connectivity index (χ0v) is 15.1. The Morgan fingerprint density at radius 3 is 2.21 bits per heavy atom. The van der Waals surface area contributed by atoms with Crippen LogP contribution in [0.5, 0.6) is 0 Å². The minimum atomic E-state index is -4.78. The van der Waals surface area contributed by atoms with Crippen LogP contribution in [0.25, 0.3) is 0 Å². The van der Waals surface area contributed by atoms with Gasteiger partial charge in [0.25, 0.3) is 10.2 Å². The van der Waals surface area contributed by atoms with E-state index in [0.29, 0.717) is 4.31 Å². The number of alkyl halides is 3. The van der Waals surface area contributed by atoms with Crippen molar-refractivity contribution in [1.82, 2.24) is 8.61 Å². The second-order valence-corrected chi connectivity index (χ2v) is 7.45. The molecule has 1 aromatic rings. The van der Waals surface area contributed by atoms with Crippen LogP contribution < -0.4 is 0 Å². The van der Waals surface area contributed by atoms with Crippen LogP contribution >= 0.6 is 11.6 Å². The quantitative estimate of drug-likeness (QED) is 0.687. The fourth-order valence-electron chi connectivity index (χ4n) is 2.16. The standard InChI is InChI=1S/C14H20ClF3N2O3S/c1-4-20(24(21,22)19(2)9-10-23-3)13(14(16,17)18)11-5-7-12(15)8-6-11/h5-8,13H,4,9-10H2,1-3H3/t13-/m1/s1. The fraction of sp³-hybridized carbons (Fsp3) is 0.571. The zero-order chi connectivity index (χ0) is 18.5. The van der Waals surface area contributed by atoms with Crippen molar-refractivity contribution >= 4 is 21.8 Å². The first-order valence-electron chi connectivity index (χ1n) is 7.10. The van der Waals surface area contributed by atoms with E-state index in [4.69, 9.17) is 16.3 Å². The molecule has 10 heteroatoms. The van der Waals surface area contributed by atoms with Gasteiger partial charge in [0.05, 0.1) is 6.61 Å². The van der Waals surface area contributed by atoms with E-state index in [0.717, 1.165) is 4.31 Å². The maximum absolute atomic E-state index is 13.6. The van der Waals surface area contributed by atoms with Crippen molar-refractivity contribution in [2.24, 2.45) is 0 Å². The Balaban J connectivity index is 3.30. The van der Waals surface area contributed by atoms with E-state index < -0.39 is 22.4 Å². The van der Waals surface area contributed by atoms with Crippen LogP contribution in [0.15, 0.2) is 24.3 Å². The Kier molecular flexibility index (Phi) is 7.48. The van der Waals surface area contributed by atoms with Gasteiger partial charge in [-0.3, -0.25) is 0 Å². The molecule has 0 aromatic heterocycles. The van der Waals surface area contributed by atoms with Crippen LogP contribution in [0.4, 0.5) is 13.2 Å². The van der Waals surface area contributed by atoms with Gasteiger partial charge in [0.2, 0.25) is 0 Å². The van der Waals surface area contributed by atoms with Gasteiger partial charge in [0.15, 0.2) is 0 Å². The molecule has 0 saturated heterocycles. The lowest BCUT2D eigenvalue weighted by molar-refractivity contribution is -0.173. The van der Waals surface area contributed by atoms with Gasteiger partial charge in [-0.05, 0) is 17.7 Å². The molecule has 1 aromatic carbocycles. The Morgan fingerprint density at radius 1 is 1.25 bits per heavy atom. The van der Waals surface area contributed by atoms with Gasteiger partial charge in [-0.15, -0.1) is 0 Å². The maximum atomic E-state index is 13.6. The van der Waals surface area contributed by atoms with Crippen molar-refractivity contribution in [2.45, 2.75) is 19.1 Å². The predicted octanol–water partition coefficient (Wildman–Crippen LogP) is 3.09. The molecule has 0 spiro atoms. The van der Waals surface area contributed by atoms with E-state index in [2.05, 4.69) is 0 Å². The van der Waals surface area contributed by atoms with E-state index in [1.807, 2.05) is 0 Å². The molecule has 0 radical (unpaired) electrons. The number of ether oxygens (including phenoxy) is 1. The van der Waals surface area contributed by atoms with E-state index >= 15 is 0 Å². The van der Waals surface area contributed by atoms with E-state index in [-0.39, 0.29) is 30.3 Å². The Bertz CT molecular complexity index is 623. The Hall–Kier alpha value is -0.870. The van der Waals surface area contributed by atoms with Crippen LogP contribution in [0.2, 0.25) is 5.02 Å². The lowest BCUT2D eigenvalue weighted by Gasteiger charge is -2.34. The molecule has 0 aliphatic heterocycles. The van der Waals surface area contributed by atoms with Gasteiger partial charge in [0.1, 0.15) is 6.04 Å². The average Bonchev–Trinajstić information content (AvgIpc) is 2.49. The number of hydrogen-bond acceptors (Lipinski definition) is 3. The summed E-state index contributed by atoms with van der Waals surface area (Å²) in [5, 5.41) is 0.266. The highest BCUT2D eigenvalue weighted by atomic mass is 35.5. The van der Waals surface area contributed by atoms with Crippen LogP contribution in [0.1, 0.15) is 18.5 Å². The van der Waals surface area contributed by atoms with Crippen LogP contribution in [-0.4, -0.2) is 57.1 Å². The van der Waals surface area contributed by atoms with Gasteiger partial charge in [0, 0.05) is 32.3 Å². The van der Waals surface area contributed by atoms with Crippen molar-refractivity contribution in [3.05, 3.63) is 34.9 Å². The van der Waals surface area contributed by atoms with Crippen molar-refractivity contribution in [3.63, 3.8) is 0 Å². The fourth-order valence-corrected chi connectivity index (χ4v) is 3.78. The largest absolute Gasteiger partial charge is 0.409 e. The highest BCUT2D eigenvalue weighted by Crippen LogP contribution is 2.39. The molecule has 0 aliphatic carbocycles. The first-order chi connectivity index (χ1) is 11.1. The smallest absolute Gasteiger partial charge is 0.383 e. The molecule has 1 atom stereocenters. The summed E-state index contributed by atoms with van der Waals surface area (Å²) < 4.78 is 72.0. The first kappa shape index (κ1) is 21.2. The summed E-state index contributed by atoms with van der Waals surface area (Å²) in [6, 6.07) is 2.65. The number of nitrogens with zero attached hydrogens (tertiary/aromatic N) is 2.